The van der Waals surface area contributed by atoms with E-state index in [9.17, 15) is 0 Å². The van der Waals surface area contributed by atoms with Gasteiger partial charge in [-0.3, -0.25) is 5.10 Å². The van der Waals surface area contributed by atoms with Crippen molar-refractivity contribution >= 4 is 0 Å². The largest absolute Gasteiger partial charge is 0.310 e. The summed E-state index contributed by atoms with van der Waals surface area (Å²) in [6.07, 6.45) is 9.23. The van der Waals surface area contributed by atoms with Gasteiger partial charge in [0.2, 0.25) is 0 Å². The molecule has 1 aromatic rings. The first-order chi connectivity index (χ1) is 9.43. The number of piperidine rings is 1. The van der Waals surface area contributed by atoms with Crippen LogP contribution < -0.4 is 5.32 Å². The molecule has 106 valence electrons. The maximum Gasteiger partial charge on any atom is 0.0794 e. The number of nitrogens with zero attached hydrogens (tertiary/aromatic N) is 2. The first-order valence-electron chi connectivity index (χ1n) is 7.91. The summed E-state index contributed by atoms with van der Waals surface area (Å²) in [6, 6.07) is 0. The Morgan fingerprint density at radius 2 is 1.89 bits per heavy atom. The number of rotatable bonds is 5. The fourth-order valence-corrected chi connectivity index (χ4v) is 3.32. The van der Waals surface area contributed by atoms with Gasteiger partial charge in [0.15, 0.2) is 0 Å². The van der Waals surface area contributed by atoms with Crippen LogP contribution in [0.2, 0.25) is 0 Å². The molecule has 2 aliphatic rings. The van der Waals surface area contributed by atoms with Crippen LogP contribution in [0.4, 0.5) is 0 Å². The number of H-pyrrole nitrogens is 1. The summed E-state index contributed by atoms with van der Waals surface area (Å²) in [5.74, 6) is 0. The number of likely N-dealkylation sites (tertiary alicyclic amines) is 1. The molecule has 0 aromatic carbocycles. The highest BCUT2D eigenvalue weighted by Crippen LogP contribution is 2.21. The zero-order valence-electron chi connectivity index (χ0n) is 11.9. The average Bonchev–Trinajstić information content (AvgIpc) is 2.88. The van der Waals surface area contributed by atoms with Gasteiger partial charge in [-0.15, -0.1) is 0 Å². The van der Waals surface area contributed by atoms with E-state index in [4.69, 9.17) is 0 Å². The van der Waals surface area contributed by atoms with Gasteiger partial charge in [0.1, 0.15) is 0 Å². The van der Waals surface area contributed by atoms with E-state index >= 15 is 0 Å². The lowest BCUT2D eigenvalue weighted by Gasteiger charge is -2.26. The van der Waals surface area contributed by atoms with Gasteiger partial charge < -0.3 is 10.2 Å². The molecule has 4 nitrogen and oxygen atoms in total. The normalized spacial score (nSPS) is 20.4. The van der Waals surface area contributed by atoms with E-state index in [1.807, 2.05) is 0 Å². The molecule has 1 aromatic heterocycles. The number of aryl methyl sites for hydroxylation is 1. The van der Waals surface area contributed by atoms with Crippen molar-refractivity contribution in [3.8, 4) is 0 Å². The Kier molecular flexibility index (Phi) is 4.51. The van der Waals surface area contributed by atoms with Crippen LogP contribution in [0.15, 0.2) is 0 Å². The van der Waals surface area contributed by atoms with E-state index in [1.54, 1.807) is 0 Å². The number of nitrogens with one attached hydrogen (secondary N) is 2. The molecular weight excluding hydrogens is 236 g/mol. The average molecular weight is 262 g/mol. The second-order valence-corrected chi connectivity index (χ2v) is 5.91. The number of hydrogen-bond acceptors (Lipinski definition) is 3. The molecule has 0 atom stereocenters. The van der Waals surface area contributed by atoms with E-state index in [0.717, 1.165) is 13.1 Å². The van der Waals surface area contributed by atoms with Crippen molar-refractivity contribution in [2.45, 2.75) is 51.5 Å². The Hall–Kier alpha value is -0.870. The fourth-order valence-electron chi connectivity index (χ4n) is 3.32. The third kappa shape index (κ3) is 3.37. The highest BCUT2D eigenvalue weighted by Gasteiger charge is 2.16. The van der Waals surface area contributed by atoms with Crippen LogP contribution in [0.1, 0.15) is 49.1 Å². The number of aromatic amines is 1. The minimum atomic E-state index is 0.930. The summed E-state index contributed by atoms with van der Waals surface area (Å²) in [6.45, 7) is 5.78. The van der Waals surface area contributed by atoms with Crippen molar-refractivity contribution < 1.29 is 0 Å². The van der Waals surface area contributed by atoms with Crippen LogP contribution in [0.25, 0.3) is 0 Å². The third-order valence-corrected chi connectivity index (χ3v) is 4.49. The highest BCUT2D eigenvalue weighted by molar-refractivity contribution is 5.27. The molecule has 3 rings (SSSR count). The van der Waals surface area contributed by atoms with Crippen LogP contribution in [-0.2, 0) is 19.4 Å². The number of fused-ring (bicyclic) bond motifs is 1. The van der Waals surface area contributed by atoms with Crippen LogP contribution in [0, 0.1) is 0 Å². The Labute approximate surface area is 116 Å². The maximum absolute atomic E-state index is 4.48. The predicted octanol–water partition coefficient (Wildman–Crippen LogP) is 1.86. The summed E-state index contributed by atoms with van der Waals surface area (Å²) in [5.41, 5.74) is 4.14. The van der Waals surface area contributed by atoms with Gasteiger partial charge in [-0.25, -0.2) is 0 Å². The number of aromatic nitrogens is 2. The highest BCUT2D eigenvalue weighted by atomic mass is 15.2. The fraction of sp³-hybridized carbons (Fsp3) is 0.800. The molecule has 2 heterocycles. The van der Waals surface area contributed by atoms with Crippen molar-refractivity contribution in [3.05, 3.63) is 17.0 Å². The minimum absolute atomic E-state index is 0.930. The Balaban J connectivity index is 1.41. The van der Waals surface area contributed by atoms with Gasteiger partial charge in [0.05, 0.1) is 5.69 Å². The summed E-state index contributed by atoms with van der Waals surface area (Å²) >= 11 is 0. The number of hydrogen-bond donors (Lipinski definition) is 2. The van der Waals surface area contributed by atoms with Gasteiger partial charge in [-0.05, 0) is 57.2 Å². The second kappa shape index (κ2) is 6.53. The molecule has 4 heteroatoms. The van der Waals surface area contributed by atoms with E-state index in [2.05, 4.69) is 20.4 Å². The molecule has 0 bridgehead atoms. The second-order valence-electron chi connectivity index (χ2n) is 5.91. The molecule has 19 heavy (non-hydrogen) atoms. The Bertz CT molecular complexity index is 393. The molecule has 0 radical (unpaired) electrons. The molecule has 2 N–H and O–H groups in total. The minimum Gasteiger partial charge on any atom is -0.310 e. The van der Waals surface area contributed by atoms with Gasteiger partial charge in [0, 0.05) is 25.3 Å². The molecule has 1 aliphatic heterocycles. The van der Waals surface area contributed by atoms with Crippen LogP contribution >= 0.6 is 0 Å². The lowest BCUT2D eigenvalue weighted by Crippen LogP contribution is -2.35. The van der Waals surface area contributed by atoms with E-state index in [0.29, 0.717) is 0 Å². The van der Waals surface area contributed by atoms with E-state index in [-0.39, 0.29) is 0 Å². The van der Waals surface area contributed by atoms with Gasteiger partial charge in [-0.2, -0.15) is 5.10 Å². The molecule has 0 spiro atoms. The summed E-state index contributed by atoms with van der Waals surface area (Å²) in [4.78, 5) is 2.58. The molecule has 1 fully saturated rings. The van der Waals surface area contributed by atoms with E-state index in [1.165, 1.54) is 81.5 Å². The zero-order valence-corrected chi connectivity index (χ0v) is 11.9. The lowest BCUT2D eigenvalue weighted by molar-refractivity contribution is 0.229. The van der Waals surface area contributed by atoms with Crippen LogP contribution in [-0.4, -0.2) is 41.3 Å². The SMILES string of the molecule is C1CCN(CCNCc2n[nH]c3c2CCCC3)CC1. The standard InChI is InChI=1S/C15H26N4/c1-4-9-19(10-5-1)11-8-16-12-15-13-6-2-3-7-14(13)17-18-15/h16H,1-12H2,(H,17,18). The smallest absolute Gasteiger partial charge is 0.0794 e. The van der Waals surface area contributed by atoms with Crippen molar-refractivity contribution in [1.82, 2.24) is 20.4 Å². The van der Waals surface area contributed by atoms with Crippen molar-refractivity contribution in [2.24, 2.45) is 0 Å². The topological polar surface area (TPSA) is 44.0 Å². The molecule has 1 saturated heterocycles. The predicted molar refractivity (Wildman–Crippen MR) is 77.2 cm³/mol. The monoisotopic (exact) mass is 262 g/mol. The molecular formula is C15H26N4. The quantitative estimate of drug-likeness (QED) is 0.796. The first kappa shape index (κ1) is 13.1. The zero-order chi connectivity index (χ0) is 12.9. The molecule has 1 aliphatic carbocycles. The van der Waals surface area contributed by atoms with E-state index < -0.39 is 0 Å². The van der Waals surface area contributed by atoms with Gasteiger partial charge in [-0.1, -0.05) is 6.42 Å². The summed E-state index contributed by atoms with van der Waals surface area (Å²) in [7, 11) is 0. The van der Waals surface area contributed by atoms with Gasteiger partial charge in [0.25, 0.3) is 0 Å². The Morgan fingerprint density at radius 3 is 2.79 bits per heavy atom. The van der Waals surface area contributed by atoms with Gasteiger partial charge >= 0.3 is 0 Å². The molecule has 0 amide bonds. The van der Waals surface area contributed by atoms with Crippen molar-refractivity contribution in [3.63, 3.8) is 0 Å². The lowest BCUT2D eigenvalue weighted by atomic mass is 9.96. The van der Waals surface area contributed by atoms with Crippen molar-refractivity contribution in [2.75, 3.05) is 26.2 Å². The van der Waals surface area contributed by atoms with Crippen LogP contribution in [0.5, 0.6) is 0 Å². The third-order valence-electron chi connectivity index (χ3n) is 4.49. The Morgan fingerprint density at radius 1 is 1.05 bits per heavy atom. The summed E-state index contributed by atoms with van der Waals surface area (Å²) in [5, 5.41) is 11.3. The summed E-state index contributed by atoms with van der Waals surface area (Å²) < 4.78 is 0. The maximum atomic E-state index is 4.48. The molecule has 0 saturated carbocycles. The van der Waals surface area contributed by atoms with Crippen molar-refractivity contribution in [1.29, 1.82) is 0 Å². The first-order valence-corrected chi connectivity index (χ1v) is 7.91. The molecule has 0 unspecified atom stereocenters. The van der Waals surface area contributed by atoms with Crippen LogP contribution in [0.3, 0.4) is 0 Å².